The highest BCUT2D eigenvalue weighted by atomic mass is 19.4. The molecule has 1 atom stereocenters. The molecule has 194 valence electrons. The molecule has 0 aliphatic carbocycles. The lowest BCUT2D eigenvalue weighted by Crippen LogP contribution is -2.55. The van der Waals surface area contributed by atoms with Crippen LogP contribution in [0, 0.1) is 19.7 Å². The van der Waals surface area contributed by atoms with Crippen molar-refractivity contribution in [2.75, 3.05) is 36.0 Å². The van der Waals surface area contributed by atoms with Crippen LogP contribution < -0.4 is 9.80 Å². The minimum atomic E-state index is -4.47. The van der Waals surface area contributed by atoms with E-state index in [0.717, 1.165) is 24.8 Å². The molecule has 0 bridgehead atoms. The minimum Gasteiger partial charge on any atom is -0.368 e. The van der Waals surface area contributed by atoms with Gasteiger partial charge in [0.05, 0.1) is 11.6 Å². The van der Waals surface area contributed by atoms with Gasteiger partial charge in [-0.2, -0.15) is 13.2 Å². The number of alkyl halides is 3. The molecule has 0 radical (unpaired) electrons. The first kappa shape index (κ1) is 25.1. The molecule has 4 nitrogen and oxygen atoms in total. The van der Waals surface area contributed by atoms with Gasteiger partial charge in [-0.1, -0.05) is 37.3 Å². The lowest BCUT2D eigenvalue weighted by Gasteiger charge is -2.45. The average Bonchev–Trinajstić information content (AvgIpc) is 2.88. The van der Waals surface area contributed by atoms with E-state index < -0.39 is 17.6 Å². The smallest absolute Gasteiger partial charge is 0.368 e. The van der Waals surface area contributed by atoms with Gasteiger partial charge in [0.1, 0.15) is 11.5 Å². The Labute approximate surface area is 214 Å². The van der Waals surface area contributed by atoms with Crippen LogP contribution in [0.2, 0.25) is 0 Å². The molecule has 0 saturated carbocycles. The van der Waals surface area contributed by atoms with Crippen molar-refractivity contribution < 1.29 is 17.6 Å². The third kappa shape index (κ3) is 4.77. The van der Waals surface area contributed by atoms with Gasteiger partial charge in [-0.25, -0.2) is 9.38 Å². The zero-order valence-corrected chi connectivity index (χ0v) is 21.2. The van der Waals surface area contributed by atoms with Crippen LogP contribution in [-0.4, -0.2) is 37.0 Å². The zero-order chi connectivity index (χ0) is 26.3. The standard InChI is InChI=1S/C29H30F4N4/c1-4-25-23-9-6-10-24(30)27(23)34-28(37(25)26-18-21(29(31,32)33)12-11-20(26)3)36-15-13-35(14-16-36)22-8-5-7-19(2)17-22/h5-12,17-18,25H,4,13-16H2,1-3H3. The second-order valence-corrected chi connectivity index (χ2v) is 9.70. The fraction of sp³-hybridized carbons (Fsp3) is 0.345. The molecule has 2 aliphatic rings. The molecule has 1 fully saturated rings. The SMILES string of the molecule is CCC1c2cccc(F)c2N=C(N2CCN(c3cccc(C)c3)CC2)N1c1cc(C(F)(F)F)ccc1C. The van der Waals surface area contributed by atoms with Crippen LogP contribution in [0.1, 0.15) is 41.6 Å². The van der Waals surface area contributed by atoms with E-state index >= 15 is 0 Å². The van der Waals surface area contributed by atoms with Gasteiger partial charge in [-0.3, -0.25) is 0 Å². The normalized spacial score (nSPS) is 18.1. The number of aliphatic imine (C=N–C) groups is 1. The summed E-state index contributed by atoms with van der Waals surface area (Å²) in [6.07, 6.45) is -3.89. The molecule has 2 heterocycles. The fourth-order valence-electron chi connectivity index (χ4n) is 5.29. The fourth-order valence-corrected chi connectivity index (χ4v) is 5.29. The molecule has 1 unspecified atom stereocenters. The van der Waals surface area contributed by atoms with Gasteiger partial charge in [0.25, 0.3) is 0 Å². The van der Waals surface area contributed by atoms with E-state index in [9.17, 15) is 17.6 Å². The van der Waals surface area contributed by atoms with Gasteiger partial charge in [0, 0.05) is 43.1 Å². The van der Waals surface area contributed by atoms with Gasteiger partial charge >= 0.3 is 6.18 Å². The summed E-state index contributed by atoms with van der Waals surface area (Å²) in [6, 6.07) is 16.6. The van der Waals surface area contributed by atoms with Crippen molar-refractivity contribution in [1.29, 1.82) is 0 Å². The molecule has 3 aromatic rings. The van der Waals surface area contributed by atoms with Crippen LogP contribution in [0.4, 0.5) is 34.6 Å². The maximum Gasteiger partial charge on any atom is 0.416 e. The molecule has 37 heavy (non-hydrogen) atoms. The molecule has 5 rings (SSSR count). The highest BCUT2D eigenvalue weighted by molar-refractivity contribution is 6.01. The Morgan fingerprint density at radius 3 is 2.27 bits per heavy atom. The predicted octanol–water partition coefficient (Wildman–Crippen LogP) is 7.24. The first-order valence-electron chi connectivity index (χ1n) is 12.6. The van der Waals surface area contributed by atoms with Crippen LogP contribution in [0.3, 0.4) is 0 Å². The van der Waals surface area contributed by atoms with E-state index in [1.807, 2.05) is 24.0 Å². The summed E-state index contributed by atoms with van der Waals surface area (Å²) in [6.45, 7) is 8.49. The molecule has 3 aromatic carbocycles. The Balaban J connectivity index is 1.57. The maximum absolute atomic E-state index is 15.0. The van der Waals surface area contributed by atoms with Gasteiger partial charge in [0.15, 0.2) is 0 Å². The largest absolute Gasteiger partial charge is 0.416 e. The molecule has 2 aliphatic heterocycles. The second-order valence-electron chi connectivity index (χ2n) is 9.70. The van der Waals surface area contributed by atoms with Gasteiger partial charge in [-0.05, 0) is 61.7 Å². The summed E-state index contributed by atoms with van der Waals surface area (Å²) in [5.41, 5.74) is 3.71. The topological polar surface area (TPSA) is 22.1 Å². The predicted molar refractivity (Wildman–Crippen MR) is 140 cm³/mol. The minimum absolute atomic E-state index is 0.270. The lowest BCUT2D eigenvalue weighted by atomic mass is 9.96. The second kappa shape index (κ2) is 9.72. The Morgan fingerprint density at radius 1 is 0.892 bits per heavy atom. The Hall–Kier alpha value is -3.55. The van der Waals surface area contributed by atoms with E-state index in [4.69, 9.17) is 4.99 Å². The third-order valence-corrected chi connectivity index (χ3v) is 7.23. The number of benzene rings is 3. The Kier molecular flexibility index (Phi) is 6.60. The number of aryl methyl sites for hydroxylation is 2. The number of para-hydroxylation sites is 1. The van der Waals surface area contributed by atoms with Crippen molar-refractivity contribution in [2.24, 2.45) is 4.99 Å². The van der Waals surface area contributed by atoms with Crippen LogP contribution >= 0.6 is 0 Å². The molecule has 0 spiro atoms. The molecule has 0 amide bonds. The first-order valence-corrected chi connectivity index (χ1v) is 12.6. The summed E-state index contributed by atoms with van der Waals surface area (Å²) in [4.78, 5) is 11.0. The quantitative estimate of drug-likeness (QED) is 0.347. The van der Waals surface area contributed by atoms with Crippen LogP contribution in [0.15, 0.2) is 65.7 Å². The lowest BCUT2D eigenvalue weighted by molar-refractivity contribution is -0.137. The number of hydrogen-bond donors (Lipinski definition) is 0. The summed E-state index contributed by atoms with van der Waals surface area (Å²) < 4.78 is 56.1. The highest BCUT2D eigenvalue weighted by Crippen LogP contribution is 2.44. The van der Waals surface area contributed by atoms with E-state index in [1.165, 1.54) is 23.8 Å². The van der Waals surface area contributed by atoms with Gasteiger partial charge in [-0.15, -0.1) is 0 Å². The summed E-state index contributed by atoms with van der Waals surface area (Å²) >= 11 is 0. The summed E-state index contributed by atoms with van der Waals surface area (Å²) in [5.74, 6) is 0.0722. The van der Waals surface area contributed by atoms with E-state index in [2.05, 4.69) is 34.9 Å². The van der Waals surface area contributed by atoms with Crippen LogP contribution in [0.25, 0.3) is 0 Å². The molecule has 8 heteroatoms. The maximum atomic E-state index is 15.0. The summed E-state index contributed by atoms with van der Waals surface area (Å²) in [5, 5.41) is 0. The number of rotatable bonds is 3. The van der Waals surface area contributed by atoms with Crippen molar-refractivity contribution in [3.8, 4) is 0 Å². The van der Waals surface area contributed by atoms with Crippen LogP contribution in [-0.2, 0) is 6.18 Å². The van der Waals surface area contributed by atoms with E-state index in [0.29, 0.717) is 42.3 Å². The monoisotopic (exact) mass is 510 g/mol. The number of nitrogens with zero attached hydrogens (tertiary/aromatic N) is 4. The van der Waals surface area contributed by atoms with E-state index in [-0.39, 0.29) is 11.7 Å². The van der Waals surface area contributed by atoms with Crippen molar-refractivity contribution in [1.82, 2.24) is 4.90 Å². The molecule has 1 saturated heterocycles. The number of anilines is 2. The number of guanidine groups is 1. The molecular formula is C29H30F4N4. The van der Waals surface area contributed by atoms with Crippen molar-refractivity contribution in [3.63, 3.8) is 0 Å². The van der Waals surface area contributed by atoms with E-state index in [1.54, 1.807) is 13.0 Å². The molecular weight excluding hydrogens is 480 g/mol. The molecule has 0 aromatic heterocycles. The van der Waals surface area contributed by atoms with Crippen LogP contribution in [0.5, 0.6) is 0 Å². The number of hydrogen-bond acceptors (Lipinski definition) is 4. The number of piperazine rings is 1. The van der Waals surface area contributed by atoms with Crippen molar-refractivity contribution >= 4 is 23.0 Å². The Morgan fingerprint density at radius 2 is 1.59 bits per heavy atom. The average molecular weight is 511 g/mol. The zero-order valence-electron chi connectivity index (χ0n) is 21.2. The van der Waals surface area contributed by atoms with Gasteiger partial charge in [0.2, 0.25) is 5.96 Å². The molecule has 0 N–H and O–H groups in total. The Bertz CT molecular complexity index is 1330. The van der Waals surface area contributed by atoms with Crippen molar-refractivity contribution in [2.45, 2.75) is 39.4 Å². The number of fused-ring (bicyclic) bond motifs is 1. The first-order chi connectivity index (χ1) is 17.7. The number of halogens is 4. The highest BCUT2D eigenvalue weighted by Gasteiger charge is 2.38. The van der Waals surface area contributed by atoms with Crippen molar-refractivity contribution in [3.05, 3.63) is 88.7 Å². The van der Waals surface area contributed by atoms with Gasteiger partial charge < -0.3 is 14.7 Å². The third-order valence-electron chi connectivity index (χ3n) is 7.23. The summed E-state index contributed by atoms with van der Waals surface area (Å²) in [7, 11) is 0.